The average molecular weight is 436 g/mol. The lowest BCUT2D eigenvalue weighted by Crippen LogP contribution is -2.40. The lowest BCUT2D eigenvalue weighted by atomic mass is 10.1. The lowest BCUT2D eigenvalue weighted by Gasteiger charge is -2.22. The second kappa shape index (κ2) is 9.61. The summed E-state index contributed by atoms with van der Waals surface area (Å²) in [5, 5.41) is 3.32. The summed E-state index contributed by atoms with van der Waals surface area (Å²) in [6.45, 7) is 3.25. The number of amides is 1. The van der Waals surface area contributed by atoms with Gasteiger partial charge in [0, 0.05) is 18.1 Å². The van der Waals surface area contributed by atoms with Crippen LogP contribution in [0.25, 0.3) is 0 Å². The standard InChI is InChI=1S/C21H26ClN3O3S/c1-29(27,28)25(20-9-7-19(22)8-10-20)16-21(26)23-14-17-5-4-6-18(13-17)15-24-11-2-3-12-24/h4-10,13H,2-3,11-12,14-16H2,1H3,(H,23,26). The predicted molar refractivity (Wildman–Crippen MR) is 116 cm³/mol. The van der Waals surface area contributed by atoms with Crippen LogP contribution in [0.5, 0.6) is 0 Å². The molecule has 1 amide bonds. The van der Waals surface area contributed by atoms with Gasteiger partial charge in [-0.15, -0.1) is 0 Å². The van der Waals surface area contributed by atoms with E-state index in [-0.39, 0.29) is 12.5 Å². The van der Waals surface area contributed by atoms with Crippen molar-refractivity contribution in [2.24, 2.45) is 0 Å². The molecule has 0 saturated carbocycles. The van der Waals surface area contributed by atoms with Gasteiger partial charge in [0.25, 0.3) is 0 Å². The molecule has 0 aromatic heterocycles. The van der Waals surface area contributed by atoms with E-state index in [0.717, 1.165) is 35.8 Å². The molecule has 1 fully saturated rings. The topological polar surface area (TPSA) is 69.7 Å². The molecule has 1 heterocycles. The van der Waals surface area contributed by atoms with Crippen LogP contribution in [0.4, 0.5) is 5.69 Å². The van der Waals surface area contributed by atoms with Crippen LogP contribution in [0.1, 0.15) is 24.0 Å². The number of likely N-dealkylation sites (tertiary alicyclic amines) is 1. The van der Waals surface area contributed by atoms with E-state index in [1.807, 2.05) is 12.1 Å². The number of halogens is 1. The molecule has 1 N–H and O–H groups in total. The number of nitrogens with one attached hydrogen (secondary N) is 1. The highest BCUT2D eigenvalue weighted by Crippen LogP contribution is 2.20. The zero-order valence-corrected chi connectivity index (χ0v) is 18.0. The van der Waals surface area contributed by atoms with Gasteiger partial charge in [-0.25, -0.2) is 8.42 Å². The van der Waals surface area contributed by atoms with Gasteiger partial charge in [0.1, 0.15) is 6.54 Å². The quantitative estimate of drug-likeness (QED) is 0.692. The van der Waals surface area contributed by atoms with Crippen LogP contribution < -0.4 is 9.62 Å². The molecule has 29 heavy (non-hydrogen) atoms. The lowest BCUT2D eigenvalue weighted by molar-refractivity contribution is -0.119. The molecular formula is C21H26ClN3O3S. The third-order valence-electron chi connectivity index (χ3n) is 4.89. The highest BCUT2D eigenvalue weighted by Gasteiger charge is 2.20. The molecule has 156 valence electrons. The summed E-state index contributed by atoms with van der Waals surface area (Å²) in [5.41, 5.74) is 2.62. The molecule has 1 aliphatic heterocycles. The van der Waals surface area contributed by atoms with Gasteiger partial charge in [0.2, 0.25) is 15.9 Å². The Balaban J connectivity index is 1.60. The van der Waals surface area contributed by atoms with E-state index in [9.17, 15) is 13.2 Å². The van der Waals surface area contributed by atoms with E-state index in [4.69, 9.17) is 11.6 Å². The number of benzene rings is 2. The largest absolute Gasteiger partial charge is 0.350 e. The monoisotopic (exact) mass is 435 g/mol. The predicted octanol–water partition coefficient (Wildman–Crippen LogP) is 3.02. The number of hydrogen-bond acceptors (Lipinski definition) is 4. The Labute approximate surface area is 177 Å². The number of rotatable bonds is 8. The summed E-state index contributed by atoms with van der Waals surface area (Å²) < 4.78 is 25.4. The minimum atomic E-state index is -3.61. The Morgan fingerprint density at radius 1 is 1.10 bits per heavy atom. The van der Waals surface area contributed by atoms with Crippen LogP contribution >= 0.6 is 11.6 Å². The molecule has 2 aromatic carbocycles. The van der Waals surface area contributed by atoms with Crippen molar-refractivity contribution in [2.75, 3.05) is 30.2 Å². The summed E-state index contributed by atoms with van der Waals surface area (Å²) in [7, 11) is -3.61. The Kier molecular flexibility index (Phi) is 7.16. The Bertz CT molecular complexity index is 942. The first-order valence-electron chi connectivity index (χ1n) is 9.61. The molecule has 0 aliphatic carbocycles. The van der Waals surface area contributed by atoms with E-state index in [0.29, 0.717) is 17.3 Å². The van der Waals surface area contributed by atoms with Crippen molar-refractivity contribution >= 4 is 33.2 Å². The number of carbonyl (C=O) groups excluding carboxylic acids is 1. The van der Waals surface area contributed by atoms with Crippen LogP contribution in [0.3, 0.4) is 0 Å². The van der Waals surface area contributed by atoms with Gasteiger partial charge in [-0.1, -0.05) is 35.9 Å². The van der Waals surface area contributed by atoms with Gasteiger partial charge < -0.3 is 5.32 Å². The molecule has 0 atom stereocenters. The molecule has 0 radical (unpaired) electrons. The van der Waals surface area contributed by atoms with E-state index in [1.54, 1.807) is 24.3 Å². The number of hydrogen-bond donors (Lipinski definition) is 1. The fourth-order valence-corrected chi connectivity index (χ4v) is 4.41. The molecule has 3 rings (SSSR count). The molecule has 1 aliphatic rings. The minimum Gasteiger partial charge on any atom is -0.350 e. The molecule has 1 saturated heterocycles. The number of anilines is 1. The maximum absolute atomic E-state index is 12.4. The summed E-state index contributed by atoms with van der Waals surface area (Å²) >= 11 is 5.87. The van der Waals surface area contributed by atoms with Crippen molar-refractivity contribution in [1.82, 2.24) is 10.2 Å². The van der Waals surface area contributed by atoms with Gasteiger partial charge in [0.05, 0.1) is 11.9 Å². The minimum absolute atomic E-state index is 0.284. The fourth-order valence-electron chi connectivity index (χ4n) is 3.43. The first kappa shape index (κ1) is 21.6. The maximum atomic E-state index is 12.4. The van der Waals surface area contributed by atoms with Crippen molar-refractivity contribution < 1.29 is 13.2 Å². The van der Waals surface area contributed by atoms with Crippen LogP contribution in [-0.4, -0.2) is 45.1 Å². The van der Waals surface area contributed by atoms with E-state index >= 15 is 0 Å². The van der Waals surface area contributed by atoms with Crippen LogP contribution in [-0.2, 0) is 27.9 Å². The number of nitrogens with zero attached hydrogens (tertiary/aromatic N) is 2. The molecule has 0 bridgehead atoms. The smallest absolute Gasteiger partial charge is 0.241 e. The van der Waals surface area contributed by atoms with Gasteiger partial charge >= 0.3 is 0 Å². The second-order valence-electron chi connectivity index (χ2n) is 7.33. The molecule has 6 nitrogen and oxygen atoms in total. The van der Waals surface area contributed by atoms with Crippen molar-refractivity contribution in [3.8, 4) is 0 Å². The van der Waals surface area contributed by atoms with E-state index in [1.165, 1.54) is 18.4 Å². The Morgan fingerprint density at radius 3 is 2.41 bits per heavy atom. The van der Waals surface area contributed by atoms with Crippen molar-refractivity contribution in [2.45, 2.75) is 25.9 Å². The van der Waals surface area contributed by atoms with Crippen molar-refractivity contribution in [3.05, 3.63) is 64.7 Å². The normalized spacial score (nSPS) is 14.7. The van der Waals surface area contributed by atoms with Crippen molar-refractivity contribution in [3.63, 3.8) is 0 Å². The third kappa shape index (κ3) is 6.45. The highest BCUT2D eigenvalue weighted by atomic mass is 35.5. The van der Waals surface area contributed by atoms with E-state index < -0.39 is 10.0 Å². The molecule has 8 heteroatoms. The summed E-state index contributed by atoms with van der Waals surface area (Å²) in [4.78, 5) is 14.9. The van der Waals surface area contributed by atoms with Crippen molar-refractivity contribution in [1.29, 1.82) is 0 Å². The highest BCUT2D eigenvalue weighted by molar-refractivity contribution is 7.92. The second-order valence-corrected chi connectivity index (χ2v) is 9.67. The first-order chi connectivity index (χ1) is 13.8. The van der Waals surface area contributed by atoms with Crippen LogP contribution in [0.15, 0.2) is 48.5 Å². The van der Waals surface area contributed by atoms with Gasteiger partial charge in [-0.2, -0.15) is 0 Å². The first-order valence-corrected chi connectivity index (χ1v) is 11.8. The molecule has 0 spiro atoms. The summed E-state index contributed by atoms with van der Waals surface area (Å²) in [6.07, 6.45) is 3.58. The molecule has 2 aromatic rings. The zero-order valence-electron chi connectivity index (χ0n) is 16.5. The van der Waals surface area contributed by atoms with Crippen LogP contribution in [0, 0.1) is 0 Å². The third-order valence-corrected chi connectivity index (χ3v) is 6.28. The van der Waals surface area contributed by atoms with Gasteiger partial charge in [0.15, 0.2) is 0 Å². The molecule has 0 unspecified atom stereocenters. The fraction of sp³-hybridized carbons (Fsp3) is 0.381. The van der Waals surface area contributed by atoms with E-state index in [2.05, 4.69) is 22.3 Å². The maximum Gasteiger partial charge on any atom is 0.241 e. The zero-order chi connectivity index (χ0) is 20.9. The number of carbonyl (C=O) groups is 1. The average Bonchev–Trinajstić information content (AvgIpc) is 3.18. The Hall–Kier alpha value is -2.09. The van der Waals surface area contributed by atoms with Crippen LogP contribution in [0.2, 0.25) is 5.02 Å². The SMILES string of the molecule is CS(=O)(=O)N(CC(=O)NCc1cccc(CN2CCCC2)c1)c1ccc(Cl)cc1. The number of sulfonamides is 1. The Morgan fingerprint density at radius 2 is 1.76 bits per heavy atom. The summed E-state index contributed by atoms with van der Waals surface area (Å²) in [6, 6.07) is 14.5. The van der Waals surface area contributed by atoms with Gasteiger partial charge in [-0.3, -0.25) is 14.0 Å². The molecular weight excluding hydrogens is 410 g/mol. The summed E-state index contributed by atoms with van der Waals surface area (Å²) in [5.74, 6) is -0.365. The van der Waals surface area contributed by atoms with Gasteiger partial charge in [-0.05, 0) is 61.3 Å².